The highest BCUT2D eigenvalue weighted by atomic mass is 16.6. The minimum Gasteiger partial charge on any atom is -0.446 e. The molecule has 4 heteroatoms. The Morgan fingerprint density at radius 2 is 1.94 bits per heavy atom. The minimum atomic E-state index is -0.289. The number of carbonyl (C=O) groups is 1. The first-order chi connectivity index (χ1) is 7.40. The Labute approximate surface area is 98.3 Å². The smallest absolute Gasteiger partial charge is 0.407 e. The molecule has 16 heavy (non-hydrogen) atoms. The lowest BCUT2D eigenvalue weighted by Crippen LogP contribution is -2.44. The van der Waals surface area contributed by atoms with Crippen molar-refractivity contribution in [3.05, 3.63) is 0 Å². The van der Waals surface area contributed by atoms with E-state index in [1.54, 1.807) is 0 Å². The average Bonchev–Trinajstić information content (AvgIpc) is 2.16. The maximum Gasteiger partial charge on any atom is 0.407 e. The van der Waals surface area contributed by atoms with Crippen molar-refractivity contribution in [3.63, 3.8) is 0 Å². The summed E-state index contributed by atoms with van der Waals surface area (Å²) >= 11 is 0. The van der Waals surface area contributed by atoms with Crippen LogP contribution in [0.2, 0.25) is 0 Å². The molecule has 94 valence electrons. The van der Waals surface area contributed by atoms with E-state index in [0.29, 0.717) is 0 Å². The SMILES string of the molecule is CCN1CCC(OC(=O)NC(C)(C)C)CC1. The van der Waals surface area contributed by atoms with Crippen molar-refractivity contribution in [2.24, 2.45) is 0 Å². The Hall–Kier alpha value is -0.770. The second kappa shape index (κ2) is 5.53. The van der Waals surface area contributed by atoms with E-state index in [9.17, 15) is 4.79 Å². The Morgan fingerprint density at radius 1 is 1.38 bits per heavy atom. The molecular formula is C12H24N2O2. The van der Waals surface area contributed by atoms with Gasteiger partial charge in [0.2, 0.25) is 0 Å². The van der Waals surface area contributed by atoms with E-state index in [1.807, 2.05) is 20.8 Å². The second-order valence-corrected chi connectivity index (χ2v) is 5.41. The standard InChI is InChI=1S/C12H24N2O2/c1-5-14-8-6-10(7-9-14)16-11(15)13-12(2,3)4/h10H,5-9H2,1-4H3,(H,13,15). The van der Waals surface area contributed by atoms with Crippen molar-refractivity contribution in [2.45, 2.75) is 52.2 Å². The molecule has 0 aliphatic carbocycles. The van der Waals surface area contributed by atoms with E-state index >= 15 is 0 Å². The second-order valence-electron chi connectivity index (χ2n) is 5.41. The Bertz CT molecular complexity index is 228. The van der Waals surface area contributed by atoms with Crippen molar-refractivity contribution in [2.75, 3.05) is 19.6 Å². The molecule has 0 aromatic heterocycles. The monoisotopic (exact) mass is 228 g/mol. The summed E-state index contributed by atoms with van der Waals surface area (Å²) < 4.78 is 5.38. The van der Waals surface area contributed by atoms with Crippen molar-refractivity contribution in [1.82, 2.24) is 10.2 Å². The summed E-state index contributed by atoms with van der Waals surface area (Å²) in [6.07, 6.45) is 1.70. The van der Waals surface area contributed by atoms with Gasteiger partial charge >= 0.3 is 6.09 Å². The van der Waals surface area contributed by atoms with Gasteiger partial charge in [-0.25, -0.2) is 4.79 Å². The van der Waals surface area contributed by atoms with Gasteiger partial charge in [-0.15, -0.1) is 0 Å². The van der Waals surface area contributed by atoms with Crippen LogP contribution < -0.4 is 5.32 Å². The molecule has 0 saturated carbocycles. The number of nitrogens with zero attached hydrogens (tertiary/aromatic N) is 1. The topological polar surface area (TPSA) is 41.6 Å². The van der Waals surface area contributed by atoms with E-state index < -0.39 is 0 Å². The number of hydrogen-bond donors (Lipinski definition) is 1. The Morgan fingerprint density at radius 3 is 2.38 bits per heavy atom. The number of nitrogens with one attached hydrogen (secondary N) is 1. The highest BCUT2D eigenvalue weighted by Gasteiger charge is 2.23. The zero-order valence-corrected chi connectivity index (χ0v) is 10.9. The summed E-state index contributed by atoms with van der Waals surface area (Å²) in [4.78, 5) is 13.9. The van der Waals surface area contributed by atoms with Crippen LogP contribution in [0, 0.1) is 0 Å². The fourth-order valence-electron chi connectivity index (χ4n) is 1.83. The van der Waals surface area contributed by atoms with Gasteiger partial charge in [0.25, 0.3) is 0 Å². The summed E-state index contributed by atoms with van der Waals surface area (Å²) in [5.41, 5.74) is -0.221. The third-order valence-corrected chi connectivity index (χ3v) is 2.73. The molecule has 1 amide bonds. The van der Waals surface area contributed by atoms with Gasteiger partial charge in [-0.3, -0.25) is 0 Å². The zero-order chi connectivity index (χ0) is 12.2. The number of rotatable bonds is 2. The van der Waals surface area contributed by atoms with E-state index in [1.165, 1.54) is 0 Å². The van der Waals surface area contributed by atoms with E-state index in [0.717, 1.165) is 32.5 Å². The number of likely N-dealkylation sites (tertiary alicyclic amines) is 1. The van der Waals surface area contributed by atoms with E-state index in [4.69, 9.17) is 4.74 Å². The molecule has 0 radical (unpaired) electrons. The first-order valence-corrected chi connectivity index (χ1v) is 6.12. The summed E-state index contributed by atoms with van der Waals surface area (Å²) in [5.74, 6) is 0. The molecule has 4 nitrogen and oxygen atoms in total. The van der Waals surface area contributed by atoms with Gasteiger partial charge < -0.3 is 15.0 Å². The zero-order valence-electron chi connectivity index (χ0n) is 10.9. The predicted molar refractivity (Wildman–Crippen MR) is 64.5 cm³/mol. The molecular weight excluding hydrogens is 204 g/mol. The summed E-state index contributed by atoms with van der Waals surface area (Å²) in [5, 5.41) is 2.82. The first kappa shape index (κ1) is 13.3. The van der Waals surface area contributed by atoms with Crippen molar-refractivity contribution in [3.8, 4) is 0 Å². The van der Waals surface area contributed by atoms with Gasteiger partial charge in [-0.1, -0.05) is 6.92 Å². The highest BCUT2D eigenvalue weighted by molar-refractivity contribution is 5.68. The third-order valence-electron chi connectivity index (χ3n) is 2.73. The summed E-state index contributed by atoms with van der Waals surface area (Å²) in [6.45, 7) is 11.2. The highest BCUT2D eigenvalue weighted by Crippen LogP contribution is 2.13. The average molecular weight is 228 g/mol. The number of ether oxygens (including phenoxy) is 1. The summed E-state index contributed by atoms with van der Waals surface area (Å²) in [7, 11) is 0. The molecule has 0 aromatic rings. The normalized spacial score (nSPS) is 19.5. The first-order valence-electron chi connectivity index (χ1n) is 6.12. The number of alkyl carbamates (subject to hydrolysis) is 1. The van der Waals surface area contributed by atoms with Gasteiger partial charge in [0.1, 0.15) is 6.10 Å². The lowest BCUT2D eigenvalue weighted by molar-refractivity contribution is 0.0486. The number of amides is 1. The van der Waals surface area contributed by atoms with Gasteiger partial charge in [0.15, 0.2) is 0 Å². The Kier molecular flexibility index (Phi) is 4.59. The van der Waals surface area contributed by atoms with Crippen LogP contribution in [0.5, 0.6) is 0 Å². The molecule has 1 aliphatic heterocycles. The van der Waals surface area contributed by atoms with Crippen LogP contribution in [0.1, 0.15) is 40.5 Å². The quantitative estimate of drug-likeness (QED) is 0.786. The fourth-order valence-corrected chi connectivity index (χ4v) is 1.83. The van der Waals surface area contributed by atoms with E-state index in [-0.39, 0.29) is 17.7 Å². The van der Waals surface area contributed by atoms with Crippen LogP contribution in [0.25, 0.3) is 0 Å². The molecule has 1 heterocycles. The molecule has 1 saturated heterocycles. The van der Waals surface area contributed by atoms with E-state index in [2.05, 4.69) is 17.1 Å². The minimum absolute atomic E-state index is 0.0881. The molecule has 1 aliphatic rings. The number of hydrogen-bond acceptors (Lipinski definition) is 3. The summed E-state index contributed by atoms with van der Waals surface area (Å²) in [6, 6.07) is 0. The van der Waals surface area contributed by atoms with Crippen LogP contribution in [-0.4, -0.2) is 42.3 Å². The maximum atomic E-state index is 11.5. The van der Waals surface area contributed by atoms with Crippen LogP contribution in [-0.2, 0) is 4.74 Å². The van der Waals surface area contributed by atoms with Crippen LogP contribution in [0.4, 0.5) is 4.79 Å². The Balaban J connectivity index is 2.26. The van der Waals surface area contributed by atoms with Gasteiger partial charge in [0, 0.05) is 18.6 Å². The fraction of sp³-hybridized carbons (Fsp3) is 0.917. The maximum absolute atomic E-state index is 11.5. The van der Waals surface area contributed by atoms with Gasteiger partial charge in [-0.05, 0) is 40.2 Å². The van der Waals surface area contributed by atoms with Gasteiger partial charge in [-0.2, -0.15) is 0 Å². The van der Waals surface area contributed by atoms with Gasteiger partial charge in [0.05, 0.1) is 0 Å². The van der Waals surface area contributed by atoms with Crippen LogP contribution in [0.15, 0.2) is 0 Å². The van der Waals surface area contributed by atoms with Crippen molar-refractivity contribution in [1.29, 1.82) is 0 Å². The van der Waals surface area contributed by atoms with Crippen molar-refractivity contribution < 1.29 is 9.53 Å². The lowest BCUT2D eigenvalue weighted by atomic mass is 10.1. The lowest BCUT2D eigenvalue weighted by Gasteiger charge is -2.31. The molecule has 0 aromatic carbocycles. The molecule has 0 atom stereocenters. The molecule has 0 bridgehead atoms. The largest absolute Gasteiger partial charge is 0.446 e. The molecule has 0 spiro atoms. The van der Waals surface area contributed by atoms with Crippen LogP contribution >= 0.6 is 0 Å². The number of carbonyl (C=O) groups excluding carboxylic acids is 1. The molecule has 1 N–H and O–H groups in total. The number of piperidine rings is 1. The predicted octanol–water partition coefficient (Wildman–Crippen LogP) is 2.00. The molecule has 0 unspecified atom stereocenters. The molecule has 1 fully saturated rings. The van der Waals surface area contributed by atoms with Crippen molar-refractivity contribution >= 4 is 6.09 Å². The van der Waals surface area contributed by atoms with Crippen LogP contribution in [0.3, 0.4) is 0 Å². The third kappa shape index (κ3) is 4.84. The molecule has 1 rings (SSSR count).